The summed E-state index contributed by atoms with van der Waals surface area (Å²) in [5, 5.41) is 0. The molecule has 1 aliphatic heterocycles. The van der Waals surface area contributed by atoms with Gasteiger partial charge in [-0.2, -0.15) is 0 Å². The van der Waals surface area contributed by atoms with E-state index in [1.54, 1.807) is 7.11 Å². The second kappa shape index (κ2) is 8.07. The Bertz CT molecular complexity index is 700. The molecule has 24 heavy (non-hydrogen) atoms. The zero-order chi connectivity index (χ0) is 16.8. The fraction of sp³-hybridized carbons (Fsp3) is 0.300. The number of methoxy groups -OCH3 is 1. The van der Waals surface area contributed by atoms with E-state index in [1.165, 1.54) is 11.1 Å². The molecule has 3 rings (SSSR count). The third kappa shape index (κ3) is 4.42. The van der Waals surface area contributed by atoms with Crippen LogP contribution in [0.15, 0.2) is 60.2 Å². The van der Waals surface area contributed by atoms with E-state index in [9.17, 15) is 0 Å². The van der Waals surface area contributed by atoms with Gasteiger partial charge in [-0.25, -0.2) is 0 Å². The minimum atomic E-state index is 0.580. The van der Waals surface area contributed by atoms with Gasteiger partial charge in [0.1, 0.15) is 26.0 Å². The first-order valence-corrected chi connectivity index (χ1v) is 8.25. The van der Waals surface area contributed by atoms with E-state index < -0.39 is 0 Å². The highest BCUT2D eigenvalue weighted by Crippen LogP contribution is 2.19. The van der Waals surface area contributed by atoms with Gasteiger partial charge < -0.3 is 9.47 Å². The summed E-state index contributed by atoms with van der Waals surface area (Å²) in [5.41, 5.74) is 3.31. The van der Waals surface area contributed by atoms with Gasteiger partial charge in [0, 0.05) is 25.7 Å². The van der Waals surface area contributed by atoms with Crippen LogP contribution < -0.4 is 14.9 Å². The number of rotatable bonds is 6. The normalized spacial score (nSPS) is 15.0. The van der Waals surface area contributed by atoms with E-state index in [-0.39, 0.29) is 0 Å². The molecule has 0 atom stereocenters. The molecule has 0 spiro atoms. The Morgan fingerprint density at radius 1 is 1.12 bits per heavy atom. The average molecular weight is 319 g/mol. The molecule has 0 amide bonds. The van der Waals surface area contributed by atoms with Crippen molar-refractivity contribution < 1.29 is 9.47 Å². The molecule has 0 fully saturated rings. The van der Waals surface area contributed by atoms with Crippen LogP contribution in [-0.2, 0) is 6.54 Å². The molecule has 122 valence electrons. The summed E-state index contributed by atoms with van der Waals surface area (Å²) in [6, 6.07) is 16.1. The summed E-state index contributed by atoms with van der Waals surface area (Å²) in [5.74, 6) is 1.44. The largest absolute Gasteiger partial charge is 0.497 e. The topological polar surface area (TPSA) is 21.7 Å². The van der Waals surface area contributed by atoms with Gasteiger partial charge in [-0.3, -0.25) is 4.90 Å². The maximum absolute atomic E-state index is 5.96. The second-order valence-electron chi connectivity index (χ2n) is 6.03. The molecule has 1 aliphatic rings. The molecule has 1 heterocycles. The number of hydrogen-bond acceptors (Lipinski definition) is 3. The van der Waals surface area contributed by atoms with Crippen molar-refractivity contribution in [3.8, 4) is 11.5 Å². The predicted molar refractivity (Wildman–Crippen MR) is 98.3 cm³/mol. The Hall–Kier alpha value is -2.20. The van der Waals surface area contributed by atoms with Gasteiger partial charge in [0.2, 0.25) is 0 Å². The van der Waals surface area contributed by atoms with E-state index in [4.69, 9.17) is 17.3 Å². The van der Waals surface area contributed by atoms with Crippen molar-refractivity contribution in [3.63, 3.8) is 0 Å². The van der Waals surface area contributed by atoms with Crippen molar-refractivity contribution in [2.75, 3.05) is 26.8 Å². The zero-order valence-electron chi connectivity index (χ0n) is 14.1. The molecule has 0 aromatic heterocycles. The van der Waals surface area contributed by atoms with Crippen LogP contribution in [0.3, 0.4) is 0 Å². The van der Waals surface area contributed by atoms with Gasteiger partial charge in [-0.15, -0.1) is 0 Å². The van der Waals surface area contributed by atoms with E-state index in [2.05, 4.69) is 41.3 Å². The minimum absolute atomic E-state index is 0.580. The molecule has 2 aromatic carbocycles. The molecular weight excluding hydrogens is 297 g/mol. The third-order valence-corrected chi connectivity index (χ3v) is 4.27. The number of ether oxygens (including phenoxy) is 2. The molecule has 2 aromatic rings. The molecule has 0 saturated carbocycles. The highest BCUT2D eigenvalue weighted by atomic mass is 16.5. The van der Waals surface area contributed by atoms with Crippen LogP contribution in [0, 0.1) is 0 Å². The number of benzene rings is 2. The molecule has 0 unspecified atom stereocenters. The van der Waals surface area contributed by atoms with Crippen LogP contribution >= 0.6 is 0 Å². The summed E-state index contributed by atoms with van der Waals surface area (Å²) in [4.78, 5) is 2.44. The van der Waals surface area contributed by atoms with Crippen molar-refractivity contribution in [1.29, 1.82) is 0 Å². The highest BCUT2D eigenvalue weighted by molar-refractivity contribution is 6.34. The lowest BCUT2D eigenvalue weighted by molar-refractivity contribution is 0.270. The Morgan fingerprint density at radius 3 is 2.67 bits per heavy atom. The summed E-state index contributed by atoms with van der Waals surface area (Å²) >= 11 is 0. The SMILES string of the molecule is [B]c1ccc(OC)cc1OCC1=CCN(Cc2ccccc2)CC1. The Kier molecular flexibility index (Phi) is 5.60. The number of hydrogen-bond donors (Lipinski definition) is 0. The van der Waals surface area contributed by atoms with Crippen molar-refractivity contribution >= 4 is 13.3 Å². The van der Waals surface area contributed by atoms with Gasteiger partial charge in [-0.05, 0) is 23.6 Å². The third-order valence-electron chi connectivity index (χ3n) is 4.27. The van der Waals surface area contributed by atoms with Crippen molar-refractivity contribution in [2.24, 2.45) is 0 Å². The summed E-state index contributed by atoms with van der Waals surface area (Å²) < 4.78 is 11.1. The van der Waals surface area contributed by atoms with Gasteiger partial charge in [0.25, 0.3) is 0 Å². The maximum atomic E-state index is 5.96. The van der Waals surface area contributed by atoms with Gasteiger partial charge in [0.05, 0.1) is 7.11 Å². The molecule has 4 heteroatoms. The summed E-state index contributed by atoms with van der Waals surface area (Å²) in [7, 11) is 7.60. The van der Waals surface area contributed by atoms with Crippen LogP contribution in [0.5, 0.6) is 11.5 Å². The lowest BCUT2D eigenvalue weighted by Crippen LogP contribution is -2.29. The maximum Gasteiger partial charge on any atom is 0.122 e. The van der Waals surface area contributed by atoms with Crippen LogP contribution in [0.2, 0.25) is 0 Å². The molecule has 0 aliphatic carbocycles. The van der Waals surface area contributed by atoms with Crippen molar-refractivity contribution in [3.05, 3.63) is 65.7 Å². The second-order valence-corrected chi connectivity index (χ2v) is 6.03. The fourth-order valence-corrected chi connectivity index (χ4v) is 2.81. The molecule has 0 N–H and O–H groups in total. The molecule has 3 nitrogen and oxygen atoms in total. The van der Waals surface area contributed by atoms with Gasteiger partial charge >= 0.3 is 0 Å². The Morgan fingerprint density at radius 2 is 1.96 bits per heavy atom. The lowest BCUT2D eigenvalue weighted by atomic mass is 9.95. The van der Waals surface area contributed by atoms with Gasteiger partial charge in [0.15, 0.2) is 0 Å². The van der Waals surface area contributed by atoms with Crippen molar-refractivity contribution in [1.82, 2.24) is 4.90 Å². The average Bonchev–Trinajstić information content (AvgIpc) is 2.63. The van der Waals surface area contributed by atoms with Gasteiger partial charge in [-0.1, -0.05) is 47.9 Å². The van der Waals surface area contributed by atoms with E-state index >= 15 is 0 Å². The quantitative estimate of drug-likeness (QED) is 0.604. The monoisotopic (exact) mass is 319 g/mol. The first kappa shape index (κ1) is 16.7. The summed E-state index contributed by atoms with van der Waals surface area (Å²) in [6.07, 6.45) is 3.29. The minimum Gasteiger partial charge on any atom is -0.497 e. The van der Waals surface area contributed by atoms with E-state index in [1.807, 2.05) is 18.2 Å². The number of nitrogens with zero attached hydrogens (tertiary/aromatic N) is 1. The fourth-order valence-electron chi connectivity index (χ4n) is 2.81. The molecule has 0 saturated heterocycles. The standard InChI is InChI=1S/C20H22BNO2/c1-23-18-7-8-19(21)20(13-18)24-15-17-9-11-22(12-10-17)14-16-5-3-2-4-6-16/h2-9,13H,10-12,14-15H2,1H3. The van der Waals surface area contributed by atoms with Crippen molar-refractivity contribution in [2.45, 2.75) is 13.0 Å². The summed E-state index contributed by atoms with van der Waals surface area (Å²) in [6.45, 7) is 3.59. The smallest absolute Gasteiger partial charge is 0.122 e. The predicted octanol–water partition coefficient (Wildman–Crippen LogP) is 2.70. The molecule has 2 radical (unpaired) electrons. The first-order valence-electron chi connectivity index (χ1n) is 8.25. The first-order chi connectivity index (χ1) is 11.7. The van der Waals surface area contributed by atoms with Crippen LogP contribution in [-0.4, -0.2) is 39.6 Å². The van der Waals surface area contributed by atoms with Crippen LogP contribution in [0.25, 0.3) is 0 Å². The molecular formula is C20H22BNO2. The zero-order valence-corrected chi connectivity index (χ0v) is 14.1. The van der Waals surface area contributed by atoms with E-state index in [0.717, 1.165) is 31.8 Å². The Balaban J connectivity index is 1.52. The van der Waals surface area contributed by atoms with E-state index in [0.29, 0.717) is 17.8 Å². The Labute approximate surface area is 145 Å². The van der Waals surface area contributed by atoms with Crippen LogP contribution in [0.1, 0.15) is 12.0 Å². The molecule has 0 bridgehead atoms. The lowest BCUT2D eigenvalue weighted by Gasteiger charge is -2.26. The van der Waals surface area contributed by atoms with Crippen LogP contribution in [0.4, 0.5) is 0 Å². The highest BCUT2D eigenvalue weighted by Gasteiger charge is 2.13.